The van der Waals surface area contributed by atoms with Crippen LogP contribution in [0.4, 0.5) is 5.69 Å². The Morgan fingerprint density at radius 1 is 1.21 bits per heavy atom. The number of carbonyl (C=O) groups is 1. The van der Waals surface area contributed by atoms with Crippen molar-refractivity contribution in [1.82, 2.24) is 4.98 Å². The number of rotatable bonds is 6. The molecular formula is C20H24N2O2. The number of benzene rings is 1. The number of amides is 1. The van der Waals surface area contributed by atoms with Crippen molar-refractivity contribution < 1.29 is 9.53 Å². The zero-order valence-corrected chi connectivity index (χ0v) is 14.3. The van der Waals surface area contributed by atoms with Crippen LogP contribution in [0, 0.1) is 5.92 Å². The van der Waals surface area contributed by atoms with E-state index in [4.69, 9.17) is 4.74 Å². The Hall–Kier alpha value is -2.36. The van der Waals surface area contributed by atoms with Crippen molar-refractivity contribution >= 4 is 11.6 Å². The summed E-state index contributed by atoms with van der Waals surface area (Å²) in [7, 11) is 0. The Balaban J connectivity index is 1.81. The summed E-state index contributed by atoms with van der Waals surface area (Å²) in [6, 6.07) is 13.8. The first-order valence-corrected chi connectivity index (χ1v) is 8.61. The van der Waals surface area contributed by atoms with Crippen LogP contribution in [0.1, 0.15) is 38.7 Å². The predicted molar refractivity (Wildman–Crippen MR) is 95.0 cm³/mol. The molecule has 1 aliphatic carbocycles. The van der Waals surface area contributed by atoms with Crippen molar-refractivity contribution in [2.24, 2.45) is 5.92 Å². The van der Waals surface area contributed by atoms with E-state index in [1.807, 2.05) is 61.2 Å². The minimum Gasteiger partial charge on any atom is -0.475 e. The van der Waals surface area contributed by atoms with Gasteiger partial charge in [0, 0.05) is 12.0 Å². The van der Waals surface area contributed by atoms with E-state index in [9.17, 15) is 4.79 Å². The third-order valence-corrected chi connectivity index (χ3v) is 4.29. The minimum atomic E-state index is 0.0837. The molecule has 1 aromatic heterocycles. The molecule has 0 bridgehead atoms. The second kappa shape index (κ2) is 7.47. The fraction of sp³-hybridized carbons (Fsp3) is 0.400. The normalized spacial score (nSPS) is 14.3. The number of ether oxygens (including phenoxy) is 1. The first-order chi connectivity index (χ1) is 11.6. The largest absolute Gasteiger partial charge is 0.475 e. The molecule has 0 unspecified atom stereocenters. The maximum Gasteiger partial charge on any atom is 0.230 e. The first kappa shape index (κ1) is 16.5. The van der Waals surface area contributed by atoms with E-state index in [2.05, 4.69) is 4.98 Å². The molecule has 1 heterocycles. The van der Waals surface area contributed by atoms with Crippen molar-refractivity contribution in [2.45, 2.75) is 45.8 Å². The van der Waals surface area contributed by atoms with Crippen LogP contribution in [0.15, 0.2) is 48.7 Å². The molecule has 126 valence electrons. The van der Waals surface area contributed by atoms with E-state index in [1.165, 1.54) is 0 Å². The molecule has 1 saturated carbocycles. The summed E-state index contributed by atoms with van der Waals surface area (Å²) in [5, 5.41) is 0. The van der Waals surface area contributed by atoms with E-state index >= 15 is 0 Å². The maximum absolute atomic E-state index is 12.9. The summed E-state index contributed by atoms with van der Waals surface area (Å²) < 4.78 is 5.59. The lowest BCUT2D eigenvalue weighted by molar-refractivity contribution is -0.124. The molecule has 1 aliphatic rings. The van der Waals surface area contributed by atoms with Gasteiger partial charge in [-0.2, -0.15) is 0 Å². The Kier molecular flexibility index (Phi) is 5.14. The zero-order chi connectivity index (χ0) is 16.9. The van der Waals surface area contributed by atoms with E-state index in [1.54, 1.807) is 6.20 Å². The van der Waals surface area contributed by atoms with Crippen LogP contribution in [0.25, 0.3) is 0 Å². The van der Waals surface area contributed by atoms with Crippen LogP contribution in [-0.4, -0.2) is 17.0 Å². The fourth-order valence-electron chi connectivity index (χ4n) is 2.78. The summed E-state index contributed by atoms with van der Waals surface area (Å²) in [5.41, 5.74) is 1.94. The van der Waals surface area contributed by atoms with Crippen LogP contribution in [-0.2, 0) is 11.3 Å². The van der Waals surface area contributed by atoms with Crippen molar-refractivity contribution in [2.75, 3.05) is 4.90 Å². The molecule has 0 spiro atoms. The van der Waals surface area contributed by atoms with E-state index in [0.29, 0.717) is 12.4 Å². The highest BCUT2D eigenvalue weighted by Crippen LogP contribution is 2.31. The molecule has 1 fully saturated rings. The van der Waals surface area contributed by atoms with Gasteiger partial charge in [0.2, 0.25) is 11.8 Å². The summed E-state index contributed by atoms with van der Waals surface area (Å²) >= 11 is 0. The fourth-order valence-corrected chi connectivity index (χ4v) is 2.78. The minimum absolute atomic E-state index is 0.0837. The number of nitrogens with zero attached hydrogens (tertiary/aromatic N) is 2. The van der Waals surface area contributed by atoms with Gasteiger partial charge in [-0.05, 0) is 38.3 Å². The van der Waals surface area contributed by atoms with Gasteiger partial charge in [-0.1, -0.05) is 36.8 Å². The molecular weight excluding hydrogens is 300 g/mol. The van der Waals surface area contributed by atoms with Crippen LogP contribution in [0.3, 0.4) is 0 Å². The molecule has 4 heteroatoms. The smallest absolute Gasteiger partial charge is 0.230 e. The molecule has 0 aliphatic heterocycles. The van der Waals surface area contributed by atoms with E-state index in [-0.39, 0.29) is 17.9 Å². The quantitative estimate of drug-likeness (QED) is 0.799. The monoisotopic (exact) mass is 324 g/mol. The molecule has 1 amide bonds. The molecule has 4 nitrogen and oxygen atoms in total. The van der Waals surface area contributed by atoms with Gasteiger partial charge in [-0.3, -0.25) is 4.79 Å². The van der Waals surface area contributed by atoms with Crippen molar-refractivity contribution in [3.8, 4) is 5.88 Å². The van der Waals surface area contributed by atoms with Crippen LogP contribution in [0.5, 0.6) is 5.88 Å². The van der Waals surface area contributed by atoms with Gasteiger partial charge in [0.1, 0.15) is 0 Å². The summed E-state index contributed by atoms with van der Waals surface area (Å²) in [5.74, 6) is 0.939. The van der Waals surface area contributed by atoms with Crippen molar-refractivity contribution in [3.05, 3.63) is 54.2 Å². The van der Waals surface area contributed by atoms with Crippen LogP contribution in [0.2, 0.25) is 0 Å². The third-order valence-electron chi connectivity index (χ3n) is 4.29. The lowest BCUT2D eigenvalue weighted by atomic mass is 9.84. The molecule has 0 radical (unpaired) electrons. The van der Waals surface area contributed by atoms with Gasteiger partial charge < -0.3 is 9.64 Å². The molecule has 1 aromatic carbocycles. The second-order valence-corrected chi connectivity index (χ2v) is 6.56. The van der Waals surface area contributed by atoms with Gasteiger partial charge in [0.25, 0.3) is 0 Å². The average molecular weight is 324 g/mol. The Bertz CT molecular complexity index is 664. The molecule has 0 saturated heterocycles. The average Bonchev–Trinajstić information content (AvgIpc) is 2.52. The molecule has 2 aromatic rings. The summed E-state index contributed by atoms with van der Waals surface area (Å²) in [6.07, 6.45) is 4.95. The third kappa shape index (κ3) is 3.94. The lowest BCUT2D eigenvalue weighted by Crippen LogP contribution is -2.38. The van der Waals surface area contributed by atoms with Crippen LogP contribution >= 0.6 is 0 Å². The number of aromatic nitrogens is 1. The molecule has 24 heavy (non-hydrogen) atoms. The SMILES string of the molecule is CC(C)Oc1ccc(N(Cc2ccccc2)C(=O)C2CCC2)cn1. The van der Waals surface area contributed by atoms with Gasteiger partial charge in [-0.25, -0.2) is 4.98 Å². The Labute approximate surface area is 143 Å². The standard InChI is InChI=1S/C20H24N2O2/c1-15(2)24-19-12-11-18(13-21-19)22(20(23)17-9-6-10-17)14-16-7-4-3-5-8-16/h3-5,7-8,11-13,15,17H,6,9-10,14H2,1-2H3. The molecule has 0 N–H and O–H groups in total. The predicted octanol–water partition coefficient (Wildman–Crippen LogP) is 4.20. The van der Waals surface area contributed by atoms with Crippen molar-refractivity contribution in [3.63, 3.8) is 0 Å². The van der Waals surface area contributed by atoms with Gasteiger partial charge in [0.05, 0.1) is 24.5 Å². The van der Waals surface area contributed by atoms with E-state index < -0.39 is 0 Å². The number of hydrogen-bond donors (Lipinski definition) is 0. The highest BCUT2D eigenvalue weighted by molar-refractivity contribution is 5.95. The van der Waals surface area contributed by atoms with Gasteiger partial charge in [-0.15, -0.1) is 0 Å². The summed E-state index contributed by atoms with van der Waals surface area (Å²) in [6.45, 7) is 4.51. The molecule has 0 atom stereocenters. The number of carbonyl (C=O) groups excluding carboxylic acids is 1. The highest BCUT2D eigenvalue weighted by Gasteiger charge is 2.30. The van der Waals surface area contributed by atoms with Crippen LogP contribution < -0.4 is 9.64 Å². The number of anilines is 1. The maximum atomic E-state index is 12.9. The lowest BCUT2D eigenvalue weighted by Gasteiger charge is -2.31. The topological polar surface area (TPSA) is 42.4 Å². The van der Waals surface area contributed by atoms with Gasteiger partial charge in [0.15, 0.2) is 0 Å². The number of hydrogen-bond acceptors (Lipinski definition) is 3. The van der Waals surface area contributed by atoms with Crippen molar-refractivity contribution in [1.29, 1.82) is 0 Å². The second-order valence-electron chi connectivity index (χ2n) is 6.56. The highest BCUT2D eigenvalue weighted by atomic mass is 16.5. The zero-order valence-electron chi connectivity index (χ0n) is 14.3. The number of pyridine rings is 1. The molecule has 3 rings (SSSR count). The van der Waals surface area contributed by atoms with Gasteiger partial charge >= 0.3 is 0 Å². The Morgan fingerprint density at radius 3 is 2.50 bits per heavy atom. The van der Waals surface area contributed by atoms with E-state index in [0.717, 1.165) is 30.5 Å². The first-order valence-electron chi connectivity index (χ1n) is 8.61. The Morgan fingerprint density at radius 2 is 1.96 bits per heavy atom. The summed E-state index contributed by atoms with van der Waals surface area (Å²) in [4.78, 5) is 19.1.